The Morgan fingerprint density at radius 3 is 2.95 bits per heavy atom. The van der Waals surface area contributed by atoms with E-state index < -0.39 is 0 Å². The largest absolute Gasteiger partial charge is 0.493 e. The Morgan fingerprint density at radius 2 is 2.20 bits per heavy atom. The van der Waals surface area contributed by atoms with Gasteiger partial charge in [0.1, 0.15) is 5.75 Å². The molecule has 0 aliphatic rings. The fourth-order valence-electron chi connectivity index (χ4n) is 2.02. The highest BCUT2D eigenvalue weighted by Crippen LogP contribution is 2.18. The molecule has 1 unspecified atom stereocenters. The van der Waals surface area contributed by atoms with Crippen molar-refractivity contribution in [3.05, 3.63) is 36.5 Å². The first-order chi connectivity index (χ1) is 9.69. The molecule has 2 aromatic rings. The van der Waals surface area contributed by atoms with Crippen LogP contribution in [0.4, 0.5) is 0 Å². The van der Waals surface area contributed by atoms with Crippen LogP contribution in [0.25, 0.3) is 10.9 Å². The molecule has 0 saturated carbocycles. The third-order valence-corrected chi connectivity index (χ3v) is 2.94. The summed E-state index contributed by atoms with van der Waals surface area (Å²) in [5.74, 6) is 0.789. The molecule has 1 atom stereocenters. The Hall–Kier alpha value is -2.12. The highest BCUT2D eigenvalue weighted by atomic mass is 16.5. The van der Waals surface area contributed by atoms with Gasteiger partial charge in [0.05, 0.1) is 24.2 Å². The monoisotopic (exact) mass is 269 g/mol. The second kappa shape index (κ2) is 6.88. The van der Waals surface area contributed by atoms with E-state index in [1.165, 1.54) is 0 Å². The lowest BCUT2D eigenvalue weighted by Gasteiger charge is -2.14. The van der Waals surface area contributed by atoms with Gasteiger partial charge < -0.3 is 4.74 Å². The Balaban J connectivity index is 1.91. The third kappa shape index (κ3) is 3.94. The molecule has 0 spiro atoms. The van der Waals surface area contributed by atoms with Crippen molar-refractivity contribution < 1.29 is 4.74 Å². The molecule has 4 nitrogen and oxygen atoms in total. The van der Waals surface area contributed by atoms with Crippen molar-refractivity contribution in [1.82, 2.24) is 10.3 Å². The van der Waals surface area contributed by atoms with Gasteiger partial charge in [-0.3, -0.25) is 10.3 Å². The number of nitrogens with zero attached hydrogens (tertiary/aromatic N) is 2. The molecule has 0 saturated heterocycles. The van der Waals surface area contributed by atoms with Gasteiger partial charge in [0, 0.05) is 30.1 Å². The molecule has 2 rings (SSSR count). The predicted octanol–water partition coefficient (Wildman–Crippen LogP) is 2.89. The van der Waals surface area contributed by atoms with Gasteiger partial charge >= 0.3 is 0 Å². The molecule has 0 aliphatic carbocycles. The number of rotatable bonds is 6. The van der Waals surface area contributed by atoms with Crippen LogP contribution in [0.5, 0.6) is 5.75 Å². The zero-order chi connectivity index (χ0) is 14.4. The fourth-order valence-corrected chi connectivity index (χ4v) is 2.02. The van der Waals surface area contributed by atoms with Crippen molar-refractivity contribution in [3.63, 3.8) is 0 Å². The van der Waals surface area contributed by atoms with Gasteiger partial charge in [-0.15, -0.1) is 0 Å². The van der Waals surface area contributed by atoms with E-state index in [0.717, 1.165) is 16.7 Å². The maximum absolute atomic E-state index is 9.04. The Kier molecular flexibility index (Phi) is 4.91. The summed E-state index contributed by atoms with van der Waals surface area (Å²) in [6.07, 6.45) is 2.43. The predicted molar refractivity (Wildman–Crippen MR) is 79.5 cm³/mol. The van der Waals surface area contributed by atoms with E-state index in [9.17, 15) is 0 Å². The van der Waals surface area contributed by atoms with Crippen molar-refractivity contribution in [2.45, 2.75) is 32.4 Å². The van der Waals surface area contributed by atoms with E-state index in [4.69, 9.17) is 10.00 Å². The average molecular weight is 269 g/mol. The molecule has 0 fully saturated rings. The molecule has 0 amide bonds. The molecule has 1 heterocycles. The normalized spacial score (nSPS) is 12.3. The minimum Gasteiger partial charge on any atom is -0.493 e. The fraction of sp³-hybridized carbons (Fsp3) is 0.375. The number of pyridine rings is 1. The minimum atomic E-state index is -0.173. The topological polar surface area (TPSA) is 57.9 Å². The van der Waals surface area contributed by atoms with Gasteiger partial charge in [0.25, 0.3) is 0 Å². The summed E-state index contributed by atoms with van der Waals surface area (Å²) in [5, 5.41) is 13.3. The molecule has 1 N–H and O–H groups in total. The number of nitrogens with one attached hydrogen (secondary N) is 1. The molecule has 1 aromatic heterocycles. The number of hydrogen-bond donors (Lipinski definition) is 1. The van der Waals surface area contributed by atoms with Crippen LogP contribution in [0, 0.1) is 11.3 Å². The summed E-state index contributed by atoms with van der Waals surface area (Å²) in [7, 11) is 0. The van der Waals surface area contributed by atoms with Crippen LogP contribution in [0.3, 0.4) is 0 Å². The highest BCUT2D eigenvalue weighted by molar-refractivity contribution is 5.79. The lowest BCUT2D eigenvalue weighted by Crippen LogP contribution is -2.34. The Bertz CT molecular complexity index is 604. The van der Waals surface area contributed by atoms with Gasteiger partial charge in [-0.1, -0.05) is 6.07 Å². The number of fused-ring (bicyclic) bond motifs is 1. The summed E-state index contributed by atoms with van der Waals surface area (Å²) in [5.41, 5.74) is 0.919. The number of benzene rings is 1. The highest BCUT2D eigenvalue weighted by Gasteiger charge is 2.08. The van der Waals surface area contributed by atoms with Crippen LogP contribution in [-0.4, -0.2) is 23.7 Å². The molecule has 0 bridgehead atoms. The van der Waals surface area contributed by atoms with Crippen molar-refractivity contribution in [3.8, 4) is 11.8 Å². The van der Waals surface area contributed by atoms with E-state index in [-0.39, 0.29) is 6.04 Å². The maximum atomic E-state index is 9.04. The van der Waals surface area contributed by atoms with Gasteiger partial charge in [0.15, 0.2) is 0 Å². The maximum Gasteiger partial charge on any atom is 0.121 e. The third-order valence-electron chi connectivity index (χ3n) is 2.94. The Morgan fingerprint density at radius 1 is 1.35 bits per heavy atom. The Labute approximate surface area is 119 Å². The summed E-state index contributed by atoms with van der Waals surface area (Å²) >= 11 is 0. The van der Waals surface area contributed by atoms with E-state index in [1.54, 1.807) is 6.20 Å². The summed E-state index contributed by atoms with van der Waals surface area (Å²) in [6, 6.07) is 12.1. The summed E-state index contributed by atoms with van der Waals surface area (Å²) < 4.78 is 5.70. The summed E-state index contributed by atoms with van der Waals surface area (Å²) in [4.78, 5) is 4.30. The molecule has 104 valence electrons. The first-order valence-corrected chi connectivity index (χ1v) is 6.82. The van der Waals surface area contributed by atoms with Crippen LogP contribution in [0.15, 0.2) is 36.5 Å². The van der Waals surface area contributed by atoms with Crippen molar-refractivity contribution in [2.75, 3.05) is 6.61 Å². The molecule has 0 aliphatic heterocycles. The second-order valence-corrected chi connectivity index (χ2v) is 5.00. The smallest absolute Gasteiger partial charge is 0.121 e. The minimum absolute atomic E-state index is 0.173. The lowest BCUT2D eigenvalue weighted by atomic mass is 10.2. The van der Waals surface area contributed by atoms with E-state index in [2.05, 4.69) is 16.4 Å². The van der Waals surface area contributed by atoms with Gasteiger partial charge in [-0.05, 0) is 32.0 Å². The van der Waals surface area contributed by atoms with E-state index in [1.807, 2.05) is 44.2 Å². The van der Waals surface area contributed by atoms with Crippen LogP contribution < -0.4 is 10.1 Å². The van der Waals surface area contributed by atoms with Crippen LogP contribution in [0.1, 0.15) is 20.3 Å². The second-order valence-electron chi connectivity index (χ2n) is 5.00. The van der Waals surface area contributed by atoms with Crippen molar-refractivity contribution >= 4 is 10.9 Å². The number of aromatic nitrogens is 1. The zero-order valence-corrected chi connectivity index (χ0v) is 11.8. The SMILES string of the molecule is CC(C)NC(C#N)CCOc1ccc2cccnc2c1. The molecule has 0 radical (unpaired) electrons. The van der Waals surface area contributed by atoms with Crippen LogP contribution in [-0.2, 0) is 0 Å². The van der Waals surface area contributed by atoms with Crippen LogP contribution in [0.2, 0.25) is 0 Å². The first-order valence-electron chi connectivity index (χ1n) is 6.82. The quantitative estimate of drug-likeness (QED) is 0.876. The van der Waals surface area contributed by atoms with Crippen molar-refractivity contribution in [2.24, 2.45) is 0 Å². The molecule has 4 heteroatoms. The standard InChI is InChI=1S/C16H19N3O/c1-12(2)19-14(11-17)7-9-20-15-6-5-13-4-3-8-18-16(13)10-15/h3-6,8,10,12,14,19H,7,9H2,1-2H3. The average Bonchev–Trinajstić information content (AvgIpc) is 2.45. The zero-order valence-electron chi connectivity index (χ0n) is 11.8. The lowest BCUT2D eigenvalue weighted by molar-refractivity contribution is 0.295. The molecular weight excluding hydrogens is 250 g/mol. The van der Waals surface area contributed by atoms with Gasteiger partial charge in [-0.25, -0.2) is 0 Å². The van der Waals surface area contributed by atoms with Crippen molar-refractivity contribution in [1.29, 1.82) is 5.26 Å². The van der Waals surface area contributed by atoms with Gasteiger partial charge in [0.2, 0.25) is 0 Å². The van der Waals surface area contributed by atoms with E-state index >= 15 is 0 Å². The number of ether oxygens (including phenoxy) is 1. The van der Waals surface area contributed by atoms with Crippen LogP contribution >= 0.6 is 0 Å². The molecule has 1 aromatic carbocycles. The number of hydrogen-bond acceptors (Lipinski definition) is 4. The summed E-state index contributed by atoms with van der Waals surface area (Å²) in [6.45, 7) is 4.57. The number of nitriles is 1. The molecule has 20 heavy (non-hydrogen) atoms. The van der Waals surface area contributed by atoms with E-state index in [0.29, 0.717) is 19.1 Å². The first kappa shape index (κ1) is 14.3. The van der Waals surface area contributed by atoms with Gasteiger partial charge in [-0.2, -0.15) is 5.26 Å². The molecular formula is C16H19N3O.